The average molecular weight is 539 g/mol. The Morgan fingerprint density at radius 2 is 2.03 bits per heavy atom. The van der Waals surface area contributed by atoms with Crippen LogP contribution >= 0.6 is 23.1 Å². The maximum Gasteiger partial charge on any atom is 0.272 e. The van der Waals surface area contributed by atoms with Crippen molar-refractivity contribution in [2.75, 3.05) is 6.79 Å². The van der Waals surface area contributed by atoms with E-state index in [-0.39, 0.29) is 30.4 Å². The van der Waals surface area contributed by atoms with Crippen LogP contribution < -0.4 is 20.3 Å². The summed E-state index contributed by atoms with van der Waals surface area (Å²) in [5, 5.41) is 16.3. The molecular weight excluding hydrogens is 516 g/mol. The van der Waals surface area contributed by atoms with Crippen LogP contribution in [-0.4, -0.2) is 27.2 Å². The van der Waals surface area contributed by atoms with Crippen molar-refractivity contribution < 1.29 is 19.2 Å². The molecule has 4 aromatic rings. The summed E-state index contributed by atoms with van der Waals surface area (Å²) < 4.78 is 12.8. The number of nitrogens with zero attached hydrogens (tertiary/aromatic N) is 3. The highest BCUT2D eigenvalue weighted by Crippen LogP contribution is 2.32. The molecular formula is C25H22N4O6S2. The number of non-ortho nitro benzene ring substituents is 1. The highest BCUT2D eigenvalue weighted by molar-refractivity contribution is 7.98. The van der Waals surface area contributed by atoms with Crippen LogP contribution in [0.25, 0.3) is 10.2 Å². The van der Waals surface area contributed by atoms with Crippen LogP contribution in [0.1, 0.15) is 24.0 Å². The number of hydrogen-bond donors (Lipinski definition) is 1. The zero-order chi connectivity index (χ0) is 25.8. The van der Waals surface area contributed by atoms with Crippen molar-refractivity contribution >= 4 is 44.9 Å². The molecule has 1 aliphatic rings. The Morgan fingerprint density at radius 3 is 2.89 bits per heavy atom. The third-order valence-electron chi connectivity index (χ3n) is 5.73. The fourth-order valence-corrected chi connectivity index (χ4v) is 5.62. The summed E-state index contributed by atoms with van der Waals surface area (Å²) >= 11 is 2.67. The molecule has 12 heteroatoms. The Bertz CT molecular complexity index is 1530. The van der Waals surface area contributed by atoms with Gasteiger partial charge in [0.15, 0.2) is 16.7 Å². The van der Waals surface area contributed by atoms with Gasteiger partial charge in [-0.3, -0.25) is 24.3 Å². The number of nitrogens with one attached hydrogen (secondary N) is 1. The second-order valence-corrected chi connectivity index (χ2v) is 10.1. The molecule has 0 fully saturated rings. The number of rotatable bonds is 10. The van der Waals surface area contributed by atoms with E-state index in [1.165, 1.54) is 35.2 Å². The van der Waals surface area contributed by atoms with Gasteiger partial charge in [0.25, 0.3) is 11.2 Å². The Labute approximate surface area is 219 Å². The smallest absolute Gasteiger partial charge is 0.272 e. The number of fused-ring (bicyclic) bond motifs is 2. The first-order valence-corrected chi connectivity index (χ1v) is 13.3. The second kappa shape index (κ2) is 11.0. The van der Waals surface area contributed by atoms with Crippen LogP contribution in [0.2, 0.25) is 0 Å². The third kappa shape index (κ3) is 5.75. The molecule has 0 bridgehead atoms. The lowest BCUT2D eigenvalue weighted by Gasteiger charge is -2.12. The monoisotopic (exact) mass is 538 g/mol. The van der Waals surface area contributed by atoms with Crippen LogP contribution in [0.5, 0.6) is 11.5 Å². The standard InChI is InChI=1S/C25H22N4O6S2/c30-22(26-13-16-6-7-20-21(12-16)35-15-34-20)5-2-9-28-24(31)23-19(8-10-36-23)27-25(28)37-14-17-3-1-4-18(11-17)29(32)33/h1,3-4,6-8,10-12H,2,5,9,13-15H2,(H,26,30). The molecule has 2 aromatic carbocycles. The molecule has 1 aliphatic heterocycles. The molecule has 1 N–H and O–H groups in total. The van der Waals surface area contributed by atoms with E-state index in [0.717, 1.165) is 11.1 Å². The average Bonchev–Trinajstić information content (AvgIpc) is 3.57. The van der Waals surface area contributed by atoms with Gasteiger partial charge in [-0.1, -0.05) is 30.0 Å². The van der Waals surface area contributed by atoms with Gasteiger partial charge in [-0.05, 0) is 41.1 Å². The van der Waals surface area contributed by atoms with Crippen LogP contribution in [0.15, 0.2) is 63.9 Å². The fourth-order valence-electron chi connectivity index (χ4n) is 3.88. The summed E-state index contributed by atoms with van der Waals surface area (Å²) in [6.45, 7) is 0.888. The van der Waals surface area contributed by atoms with E-state index in [0.29, 0.717) is 52.1 Å². The molecule has 0 atom stereocenters. The van der Waals surface area contributed by atoms with Crippen molar-refractivity contribution in [1.82, 2.24) is 14.9 Å². The SMILES string of the molecule is O=C(CCCn1c(SCc2cccc([N+](=O)[O-])c2)nc2ccsc2c1=O)NCc1ccc2c(c1)OCO2. The number of carbonyl (C=O) groups is 1. The lowest BCUT2D eigenvalue weighted by Crippen LogP contribution is -2.25. The molecule has 0 spiro atoms. The van der Waals surface area contributed by atoms with Gasteiger partial charge in [0.2, 0.25) is 12.7 Å². The molecule has 0 radical (unpaired) electrons. The first-order chi connectivity index (χ1) is 18.0. The highest BCUT2D eigenvalue weighted by Gasteiger charge is 2.16. The number of benzene rings is 2. The first kappa shape index (κ1) is 24.8. The van der Waals surface area contributed by atoms with Crippen molar-refractivity contribution in [2.45, 2.75) is 36.8 Å². The maximum atomic E-state index is 13.2. The van der Waals surface area contributed by atoms with Crippen molar-refractivity contribution in [3.63, 3.8) is 0 Å². The van der Waals surface area contributed by atoms with Gasteiger partial charge in [0, 0.05) is 37.4 Å². The molecule has 0 saturated carbocycles. The number of thioether (sulfide) groups is 1. The number of ether oxygens (including phenoxy) is 2. The molecule has 3 heterocycles. The van der Waals surface area contributed by atoms with Gasteiger partial charge in [-0.15, -0.1) is 11.3 Å². The predicted octanol–water partition coefficient (Wildman–Crippen LogP) is 4.48. The lowest BCUT2D eigenvalue weighted by molar-refractivity contribution is -0.384. The fraction of sp³-hybridized carbons (Fsp3) is 0.240. The number of thiophene rings is 1. The molecule has 190 valence electrons. The van der Waals surface area contributed by atoms with E-state index in [2.05, 4.69) is 10.3 Å². The lowest BCUT2D eigenvalue weighted by atomic mass is 10.2. The van der Waals surface area contributed by atoms with Crippen molar-refractivity contribution in [3.8, 4) is 11.5 Å². The van der Waals surface area contributed by atoms with Gasteiger partial charge in [0.05, 0.1) is 10.4 Å². The Balaban J connectivity index is 1.22. The normalized spacial score (nSPS) is 12.1. The van der Waals surface area contributed by atoms with Crippen LogP contribution in [0, 0.1) is 10.1 Å². The summed E-state index contributed by atoms with van der Waals surface area (Å²) in [6.07, 6.45) is 0.699. The van der Waals surface area contributed by atoms with Crippen LogP contribution in [0.3, 0.4) is 0 Å². The Morgan fingerprint density at radius 1 is 1.16 bits per heavy atom. The number of amides is 1. The van der Waals surface area contributed by atoms with Gasteiger partial charge in [-0.25, -0.2) is 4.98 Å². The van der Waals surface area contributed by atoms with Crippen molar-refractivity contribution in [1.29, 1.82) is 0 Å². The minimum atomic E-state index is -0.433. The molecule has 0 aliphatic carbocycles. The van der Waals surface area contributed by atoms with Gasteiger partial charge < -0.3 is 14.8 Å². The van der Waals surface area contributed by atoms with Crippen LogP contribution in [-0.2, 0) is 23.6 Å². The Hall–Kier alpha value is -3.90. The van der Waals surface area contributed by atoms with E-state index in [1.807, 2.05) is 23.6 Å². The summed E-state index contributed by atoms with van der Waals surface area (Å²) in [5.41, 5.74) is 2.15. The summed E-state index contributed by atoms with van der Waals surface area (Å²) in [6, 6.07) is 13.7. The van der Waals surface area contributed by atoms with Crippen LogP contribution in [0.4, 0.5) is 5.69 Å². The quantitative estimate of drug-likeness (QED) is 0.136. The van der Waals surface area contributed by atoms with Crippen molar-refractivity contribution in [3.05, 3.63) is 85.5 Å². The summed E-state index contributed by atoms with van der Waals surface area (Å²) in [4.78, 5) is 40.9. The molecule has 1 amide bonds. The zero-order valence-corrected chi connectivity index (χ0v) is 21.2. The first-order valence-electron chi connectivity index (χ1n) is 11.5. The molecule has 10 nitrogen and oxygen atoms in total. The van der Waals surface area contributed by atoms with E-state index in [1.54, 1.807) is 22.8 Å². The van der Waals surface area contributed by atoms with E-state index >= 15 is 0 Å². The number of carbonyl (C=O) groups excluding carboxylic acids is 1. The second-order valence-electron chi connectivity index (χ2n) is 8.27. The van der Waals surface area contributed by atoms with Crippen molar-refractivity contribution in [2.24, 2.45) is 0 Å². The topological polar surface area (TPSA) is 126 Å². The summed E-state index contributed by atoms with van der Waals surface area (Å²) in [5.74, 6) is 1.65. The number of nitro benzene ring substituents is 1. The van der Waals surface area contributed by atoms with Gasteiger partial charge in [0.1, 0.15) is 4.70 Å². The third-order valence-corrected chi connectivity index (χ3v) is 7.67. The minimum Gasteiger partial charge on any atom is -0.454 e. The van der Waals surface area contributed by atoms with E-state index in [4.69, 9.17) is 9.47 Å². The van der Waals surface area contributed by atoms with Gasteiger partial charge in [-0.2, -0.15) is 0 Å². The molecule has 2 aromatic heterocycles. The number of aromatic nitrogens is 2. The molecule has 37 heavy (non-hydrogen) atoms. The number of nitro groups is 1. The summed E-state index contributed by atoms with van der Waals surface area (Å²) in [7, 11) is 0. The van der Waals surface area contributed by atoms with E-state index < -0.39 is 4.92 Å². The Kier molecular flexibility index (Phi) is 7.37. The maximum absolute atomic E-state index is 13.2. The molecule has 5 rings (SSSR count). The molecule has 0 saturated heterocycles. The van der Waals surface area contributed by atoms with Gasteiger partial charge >= 0.3 is 0 Å². The minimum absolute atomic E-state index is 0.0171. The predicted molar refractivity (Wildman–Crippen MR) is 140 cm³/mol. The highest BCUT2D eigenvalue weighted by atomic mass is 32.2. The number of hydrogen-bond acceptors (Lipinski definition) is 9. The van der Waals surface area contributed by atoms with E-state index in [9.17, 15) is 19.7 Å². The molecule has 0 unspecified atom stereocenters. The zero-order valence-electron chi connectivity index (χ0n) is 19.5. The largest absolute Gasteiger partial charge is 0.454 e.